The van der Waals surface area contributed by atoms with E-state index in [4.69, 9.17) is 11.6 Å². The predicted molar refractivity (Wildman–Crippen MR) is 73.9 cm³/mol. The van der Waals surface area contributed by atoms with Crippen molar-refractivity contribution in [2.75, 3.05) is 0 Å². The highest BCUT2D eigenvalue weighted by Crippen LogP contribution is 2.40. The molecule has 0 aromatic heterocycles. The van der Waals surface area contributed by atoms with Crippen LogP contribution in [0.4, 0.5) is 4.39 Å². The summed E-state index contributed by atoms with van der Waals surface area (Å²) >= 11 is 5.74. The van der Waals surface area contributed by atoms with E-state index in [1.54, 1.807) is 6.07 Å². The maximum absolute atomic E-state index is 13.1. The first-order valence-corrected chi connectivity index (χ1v) is 6.74. The first-order valence-electron chi connectivity index (χ1n) is 6.36. The molecular formula is C16H14ClFO. The first kappa shape index (κ1) is 12.6. The Morgan fingerprint density at radius 1 is 1.26 bits per heavy atom. The summed E-state index contributed by atoms with van der Waals surface area (Å²) in [5, 5.41) is 10.3. The lowest BCUT2D eigenvalue weighted by Crippen LogP contribution is -2.19. The van der Waals surface area contributed by atoms with Crippen LogP contribution in [0.3, 0.4) is 0 Å². The van der Waals surface area contributed by atoms with Crippen molar-refractivity contribution in [2.24, 2.45) is 0 Å². The van der Waals surface area contributed by atoms with Crippen LogP contribution in [0, 0.1) is 5.82 Å². The molecule has 0 aliphatic heterocycles. The molecule has 1 aliphatic carbocycles. The van der Waals surface area contributed by atoms with Gasteiger partial charge in [-0.15, -0.1) is 0 Å². The summed E-state index contributed by atoms with van der Waals surface area (Å²) in [6.45, 7) is 0. The van der Waals surface area contributed by atoms with Crippen molar-refractivity contribution in [1.29, 1.82) is 0 Å². The number of aliphatic hydroxyl groups is 1. The Hall–Kier alpha value is -1.38. The Morgan fingerprint density at radius 3 is 2.79 bits per heavy atom. The van der Waals surface area contributed by atoms with Gasteiger partial charge in [-0.2, -0.15) is 0 Å². The molecule has 1 nitrogen and oxygen atoms in total. The summed E-state index contributed by atoms with van der Waals surface area (Å²) in [5.74, 6) is -0.0679. The third kappa shape index (κ3) is 2.38. The van der Waals surface area contributed by atoms with Crippen LogP contribution in [0.1, 0.15) is 35.1 Å². The van der Waals surface area contributed by atoms with E-state index in [9.17, 15) is 9.50 Å². The van der Waals surface area contributed by atoms with E-state index in [1.807, 2.05) is 12.1 Å². The SMILES string of the molecule is OC(CC1Cc2ccccc21)c1ccc(F)c(Cl)c1. The third-order valence-corrected chi connectivity index (χ3v) is 4.09. The van der Waals surface area contributed by atoms with E-state index in [0.29, 0.717) is 17.9 Å². The van der Waals surface area contributed by atoms with E-state index in [1.165, 1.54) is 23.3 Å². The molecule has 3 rings (SSSR count). The quantitative estimate of drug-likeness (QED) is 0.889. The van der Waals surface area contributed by atoms with Gasteiger partial charge in [0.05, 0.1) is 11.1 Å². The normalized spacial score (nSPS) is 18.6. The minimum atomic E-state index is -0.601. The molecule has 0 heterocycles. The summed E-state index contributed by atoms with van der Waals surface area (Å²) in [6.07, 6.45) is 1.05. The Balaban J connectivity index is 1.73. The topological polar surface area (TPSA) is 20.2 Å². The molecule has 0 spiro atoms. The number of halogens is 2. The standard InChI is InChI=1S/C16H14ClFO/c17-14-8-11(5-6-15(14)18)16(19)9-12-7-10-3-1-2-4-13(10)12/h1-6,8,12,16,19H,7,9H2. The third-order valence-electron chi connectivity index (χ3n) is 3.80. The van der Waals surface area contributed by atoms with Crippen molar-refractivity contribution >= 4 is 11.6 Å². The lowest BCUT2D eigenvalue weighted by Gasteiger charge is -2.31. The zero-order valence-electron chi connectivity index (χ0n) is 10.3. The van der Waals surface area contributed by atoms with Crippen molar-refractivity contribution in [3.63, 3.8) is 0 Å². The molecule has 1 aliphatic rings. The molecule has 3 heteroatoms. The predicted octanol–water partition coefficient (Wildman–Crippen LogP) is 4.24. The highest BCUT2D eigenvalue weighted by Gasteiger charge is 2.28. The van der Waals surface area contributed by atoms with Gasteiger partial charge in [0.1, 0.15) is 5.82 Å². The average molecular weight is 277 g/mol. The van der Waals surface area contributed by atoms with Crippen LogP contribution in [0.15, 0.2) is 42.5 Å². The zero-order chi connectivity index (χ0) is 13.4. The van der Waals surface area contributed by atoms with Crippen LogP contribution in [0.2, 0.25) is 5.02 Å². The first-order chi connectivity index (χ1) is 9.15. The summed E-state index contributed by atoms with van der Waals surface area (Å²) < 4.78 is 13.1. The Labute approximate surface area is 116 Å². The van der Waals surface area contributed by atoms with Crippen LogP contribution in [-0.2, 0) is 6.42 Å². The van der Waals surface area contributed by atoms with E-state index in [-0.39, 0.29) is 5.02 Å². The van der Waals surface area contributed by atoms with Gasteiger partial charge in [-0.25, -0.2) is 4.39 Å². The Bertz CT molecular complexity index is 611. The number of fused-ring (bicyclic) bond motifs is 1. The summed E-state index contributed by atoms with van der Waals surface area (Å²) in [5.41, 5.74) is 3.35. The molecule has 2 atom stereocenters. The monoisotopic (exact) mass is 276 g/mol. The average Bonchev–Trinajstić information content (AvgIpc) is 2.39. The minimum Gasteiger partial charge on any atom is -0.388 e. The van der Waals surface area contributed by atoms with Crippen molar-refractivity contribution in [3.8, 4) is 0 Å². The van der Waals surface area contributed by atoms with Gasteiger partial charge in [0, 0.05) is 0 Å². The molecule has 0 saturated heterocycles. The van der Waals surface area contributed by atoms with Gasteiger partial charge in [0.15, 0.2) is 0 Å². The van der Waals surface area contributed by atoms with E-state index < -0.39 is 11.9 Å². The molecule has 98 valence electrons. The highest BCUT2D eigenvalue weighted by atomic mass is 35.5. The van der Waals surface area contributed by atoms with E-state index in [2.05, 4.69) is 12.1 Å². The molecule has 1 N–H and O–H groups in total. The molecule has 19 heavy (non-hydrogen) atoms. The number of rotatable bonds is 3. The van der Waals surface area contributed by atoms with Crippen molar-refractivity contribution in [2.45, 2.75) is 24.9 Å². The van der Waals surface area contributed by atoms with Crippen molar-refractivity contribution in [1.82, 2.24) is 0 Å². The second-order valence-electron chi connectivity index (χ2n) is 5.02. The van der Waals surface area contributed by atoms with Crippen LogP contribution >= 0.6 is 11.6 Å². The smallest absolute Gasteiger partial charge is 0.141 e. The maximum atomic E-state index is 13.1. The van der Waals surface area contributed by atoms with Gasteiger partial charge in [-0.3, -0.25) is 0 Å². The molecule has 2 unspecified atom stereocenters. The van der Waals surface area contributed by atoms with Gasteiger partial charge in [-0.05, 0) is 47.6 Å². The van der Waals surface area contributed by atoms with Crippen LogP contribution < -0.4 is 0 Å². The fourth-order valence-electron chi connectivity index (χ4n) is 2.70. The molecule has 0 amide bonds. The molecule has 2 aromatic carbocycles. The van der Waals surface area contributed by atoms with Gasteiger partial charge in [-0.1, -0.05) is 41.9 Å². The number of benzene rings is 2. The largest absolute Gasteiger partial charge is 0.388 e. The summed E-state index contributed by atoms with van der Waals surface area (Å²) in [6, 6.07) is 12.7. The molecule has 0 saturated carbocycles. The molecule has 0 bridgehead atoms. The minimum absolute atomic E-state index is 0.0607. The second kappa shape index (κ2) is 4.95. The van der Waals surface area contributed by atoms with Gasteiger partial charge in [0.2, 0.25) is 0 Å². The van der Waals surface area contributed by atoms with Crippen LogP contribution in [0.25, 0.3) is 0 Å². The van der Waals surface area contributed by atoms with E-state index in [0.717, 1.165) is 6.42 Å². The Kier molecular flexibility index (Phi) is 3.29. The van der Waals surface area contributed by atoms with Crippen LogP contribution in [0.5, 0.6) is 0 Å². The number of aliphatic hydroxyl groups excluding tert-OH is 1. The van der Waals surface area contributed by atoms with Gasteiger partial charge in [0.25, 0.3) is 0 Å². The Morgan fingerprint density at radius 2 is 2.05 bits per heavy atom. The molecule has 0 fully saturated rings. The molecule has 0 radical (unpaired) electrons. The summed E-state index contributed by atoms with van der Waals surface area (Å²) in [4.78, 5) is 0. The van der Waals surface area contributed by atoms with E-state index >= 15 is 0 Å². The summed E-state index contributed by atoms with van der Waals surface area (Å²) in [7, 11) is 0. The zero-order valence-corrected chi connectivity index (χ0v) is 11.1. The molecule has 2 aromatic rings. The van der Waals surface area contributed by atoms with Crippen LogP contribution in [-0.4, -0.2) is 5.11 Å². The van der Waals surface area contributed by atoms with Gasteiger partial charge >= 0.3 is 0 Å². The lowest BCUT2D eigenvalue weighted by molar-refractivity contribution is 0.153. The number of hydrogen-bond acceptors (Lipinski definition) is 1. The second-order valence-corrected chi connectivity index (χ2v) is 5.43. The van der Waals surface area contributed by atoms with Gasteiger partial charge < -0.3 is 5.11 Å². The fourth-order valence-corrected chi connectivity index (χ4v) is 2.89. The van der Waals surface area contributed by atoms with Crippen molar-refractivity contribution in [3.05, 3.63) is 70.0 Å². The molecular weight excluding hydrogens is 263 g/mol. The highest BCUT2D eigenvalue weighted by molar-refractivity contribution is 6.30. The maximum Gasteiger partial charge on any atom is 0.141 e. The number of hydrogen-bond donors (Lipinski definition) is 1. The lowest BCUT2D eigenvalue weighted by atomic mass is 9.74. The fraction of sp³-hybridized carbons (Fsp3) is 0.250. The van der Waals surface area contributed by atoms with Crippen molar-refractivity contribution < 1.29 is 9.50 Å².